The van der Waals surface area contributed by atoms with Gasteiger partial charge in [0.05, 0.1) is 12.5 Å². The minimum atomic E-state index is -0.754. The van der Waals surface area contributed by atoms with E-state index in [0.29, 0.717) is 5.92 Å². The van der Waals surface area contributed by atoms with E-state index in [0.717, 1.165) is 12.2 Å². The Balaban J connectivity index is 1.77. The van der Waals surface area contributed by atoms with E-state index in [1.165, 1.54) is 12.8 Å². The molecule has 0 aliphatic heterocycles. The highest BCUT2D eigenvalue weighted by Gasteiger charge is 2.57. The first-order chi connectivity index (χ1) is 7.03. The van der Waals surface area contributed by atoms with Gasteiger partial charge in [0.2, 0.25) is 0 Å². The number of hydrogen-bond acceptors (Lipinski definition) is 3. The minimum Gasteiger partial charge on any atom is -0.481 e. The molecule has 2 aliphatic rings. The third-order valence-corrected chi connectivity index (χ3v) is 3.25. The van der Waals surface area contributed by atoms with E-state index < -0.39 is 5.97 Å². The summed E-state index contributed by atoms with van der Waals surface area (Å²) in [6.07, 6.45) is 4.20. The lowest BCUT2D eigenvalue weighted by atomic mass is 10.1. The third kappa shape index (κ3) is 2.15. The fourth-order valence-corrected chi connectivity index (χ4v) is 1.85. The Hall–Kier alpha value is -1.03. The van der Waals surface area contributed by atoms with Gasteiger partial charge in [-0.25, -0.2) is 0 Å². The average molecular weight is 211 g/mol. The molecule has 0 unspecified atom stereocenters. The van der Waals surface area contributed by atoms with E-state index in [2.05, 4.69) is 5.48 Å². The molecule has 0 aromatic heterocycles. The van der Waals surface area contributed by atoms with E-state index in [4.69, 9.17) is 9.94 Å². The van der Waals surface area contributed by atoms with Crippen molar-refractivity contribution in [1.29, 1.82) is 0 Å². The Morgan fingerprint density at radius 3 is 2.80 bits per heavy atom. The van der Waals surface area contributed by atoms with Crippen molar-refractivity contribution in [2.45, 2.75) is 26.7 Å². The van der Waals surface area contributed by atoms with Crippen LogP contribution in [0.5, 0.6) is 0 Å². The van der Waals surface area contributed by atoms with Gasteiger partial charge in [-0.05, 0) is 24.3 Å². The molecule has 0 radical (unpaired) electrons. The molecule has 2 rings (SSSR count). The summed E-state index contributed by atoms with van der Waals surface area (Å²) >= 11 is 0. The van der Waals surface area contributed by atoms with Gasteiger partial charge in [0.15, 0.2) is 0 Å². The number of hydroxylamine groups is 1. The van der Waals surface area contributed by atoms with Crippen LogP contribution in [0.25, 0.3) is 0 Å². The molecule has 0 aromatic rings. The molecule has 0 saturated heterocycles. The number of hydrogen-bond donors (Lipinski definition) is 2. The maximum absolute atomic E-state index is 10.8. The second-order valence-electron chi connectivity index (χ2n) is 4.96. The normalized spacial score (nSPS) is 30.3. The van der Waals surface area contributed by atoms with E-state index in [-0.39, 0.29) is 11.3 Å². The molecule has 4 nitrogen and oxygen atoms in total. The van der Waals surface area contributed by atoms with E-state index in [9.17, 15) is 4.79 Å². The molecule has 2 N–H and O–H groups in total. The number of nitrogens with one attached hydrogen (secondary N) is 1. The van der Waals surface area contributed by atoms with E-state index in [1.54, 1.807) is 6.20 Å². The van der Waals surface area contributed by atoms with Crippen molar-refractivity contribution in [3.63, 3.8) is 0 Å². The molecule has 2 fully saturated rings. The van der Waals surface area contributed by atoms with Gasteiger partial charge in [0, 0.05) is 11.6 Å². The van der Waals surface area contributed by atoms with Crippen molar-refractivity contribution in [3.05, 3.63) is 11.8 Å². The van der Waals surface area contributed by atoms with Gasteiger partial charge in [0.25, 0.3) is 0 Å². The summed E-state index contributed by atoms with van der Waals surface area (Å²) in [5.41, 5.74) is 3.42. The van der Waals surface area contributed by atoms with Crippen LogP contribution in [0.3, 0.4) is 0 Å². The smallest absolute Gasteiger partial charge is 0.311 e. The lowest BCUT2D eigenvalue weighted by Crippen LogP contribution is -2.09. The zero-order valence-corrected chi connectivity index (χ0v) is 9.12. The highest BCUT2D eigenvalue weighted by atomic mass is 16.6. The summed E-state index contributed by atoms with van der Waals surface area (Å²) < 4.78 is 0. The first-order valence-electron chi connectivity index (χ1n) is 5.34. The predicted molar refractivity (Wildman–Crippen MR) is 54.8 cm³/mol. The second-order valence-corrected chi connectivity index (χ2v) is 4.96. The van der Waals surface area contributed by atoms with Gasteiger partial charge in [-0.15, -0.1) is 0 Å². The summed E-state index contributed by atoms with van der Waals surface area (Å²) in [5.74, 6) is -0.400. The molecule has 0 heterocycles. The van der Waals surface area contributed by atoms with Crippen molar-refractivity contribution in [3.8, 4) is 0 Å². The molecule has 0 aromatic carbocycles. The summed E-state index contributed by atoms with van der Waals surface area (Å²) in [7, 11) is 0. The van der Waals surface area contributed by atoms with Gasteiger partial charge >= 0.3 is 5.97 Å². The van der Waals surface area contributed by atoms with Crippen LogP contribution < -0.4 is 5.48 Å². The Morgan fingerprint density at radius 2 is 2.33 bits per heavy atom. The maximum Gasteiger partial charge on any atom is 0.311 e. The highest BCUT2D eigenvalue weighted by molar-refractivity contribution is 5.82. The van der Waals surface area contributed by atoms with Gasteiger partial charge in [-0.1, -0.05) is 13.8 Å². The van der Waals surface area contributed by atoms with E-state index in [1.807, 2.05) is 13.8 Å². The monoisotopic (exact) mass is 211 g/mol. The Bertz CT molecular complexity index is 305. The van der Waals surface area contributed by atoms with Crippen LogP contribution in [0.15, 0.2) is 11.8 Å². The number of carbonyl (C=O) groups is 1. The van der Waals surface area contributed by atoms with Crippen molar-refractivity contribution >= 4 is 5.97 Å². The molecule has 4 heteroatoms. The fourth-order valence-electron chi connectivity index (χ4n) is 1.85. The standard InChI is InChI=1S/C11H17NO3/c1-11(2)8(9(11)10(13)14)5-12-15-6-7-3-4-7/h5,7,9,12H,3-4,6H2,1-2H3,(H,13,14)/t9-/m0/s1. The van der Waals surface area contributed by atoms with Crippen LogP contribution in [-0.2, 0) is 9.63 Å². The van der Waals surface area contributed by atoms with Crippen molar-refractivity contribution in [1.82, 2.24) is 5.48 Å². The third-order valence-electron chi connectivity index (χ3n) is 3.25. The molecule has 0 amide bonds. The van der Waals surface area contributed by atoms with Crippen molar-refractivity contribution < 1.29 is 14.7 Å². The van der Waals surface area contributed by atoms with Crippen molar-refractivity contribution in [2.24, 2.45) is 17.3 Å². The molecule has 1 atom stereocenters. The molecule has 2 aliphatic carbocycles. The van der Waals surface area contributed by atoms with Crippen LogP contribution in [0.1, 0.15) is 26.7 Å². The predicted octanol–water partition coefficient (Wildman–Crippen LogP) is 1.54. The van der Waals surface area contributed by atoms with Crippen LogP contribution >= 0.6 is 0 Å². The van der Waals surface area contributed by atoms with Crippen LogP contribution in [0.4, 0.5) is 0 Å². The quantitative estimate of drug-likeness (QED) is 0.535. The number of aliphatic carboxylic acids is 1. The number of carboxylic acid groups (broad SMARTS) is 1. The van der Waals surface area contributed by atoms with Gasteiger partial charge in [-0.3, -0.25) is 15.1 Å². The summed E-state index contributed by atoms with van der Waals surface area (Å²) in [4.78, 5) is 16.0. The molecule has 2 saturated carbocycles. The maximum atomic E-state index is 10.8. The minimum absolute atomic E-state index is 0.220. The second kappa shape index (κ2) is 3.52. The largest absolute Gasteiger partial charge is 0.481 e. The molecule has 0 spiro atoms. The fraction of sp³-hybridized carbons (Fsp3) is 0.727. The van der Waals surface area contributed by atoms with Gasteiger partial charge in [-0.2, -0.15) is 0 Å². The van der Waals surface area contributed by atoms with E-state index >= 15 is 0 Å². The molecule has 15 heavy (non-hydrogen) atoms. The number of rotatable bonds is 5. The first-order valence-corrected chi connectivity index (χ1v) is 5.34. The summed E-state index contributed by atoms with van der Waals surface area (Å²) in [6, 6.07) is 0. The SMILES string of the molecule is CC1(C)C(=CNOCC2CC2)[C@H]1C(=O)O. The van der Waals surface area contributed by atoms with Crippen LogP contribution in [0.2, 0.25) is 0 Å². The molecular formula is C11H17NO3. The Kier molecular flexibility index (Phi) is 2.46. The van der Waals surface area contributed by atoms with Crippen LogP contribution in [-0.4, -0.2) is 17.7 Å². The van der Waals surface area contributed by atoms with Gasteiger partial charge < -0.3 is 5.11 Å². The molecule has 0 bridgehead atoms. The van der Waals surface area contributed by atoms with Crippen molar-refractivity contribution in [2.75, 3.05) is 6.61 Å². The topological polar surface area (TPSA) is 58.6 Å². The zero-order valence-electron chi connectivity index (χ0n) is 9.12. The molecule has 84 valence electrons. The highest BCUT2D eigenvalue weighted by Crippen LogP contribution is 2.57. The summed E-state index contributed by atoms with van der Waals surface area (Å²) in [6.45, 7) is 4.59. The lowest BCUT2D eigenvalue weighted by Gasteiger charge is -2.00. The molecular weight excluding hydrogens is 194 g/mol. The average Bonchev–Trinajstić information content (AvgIpc) is 2.98. The summed E-state index contributed by atoms with van der Waals surface area (Å²) in [5, 5.41) is 8.90. The first kappa shape index (κ1) is 10.5. The Morgan fingerprint density at radius 1 is 1.67 bits per heavy atom. The Labute approximate surface area is 89.3 Å². The lowest BCUT2D eigenvalue weighted by molar-refractivity contribution is -0.139. The number of carboxylic acids is 1. The van der Waals surface area contributed by atoms with Crippen LogP contribution in [0, 0.1) is 17.3 Å². The zero-order chi connectivity index (χ0) is 11.1. The van der Waals surface area contributed by atoms with Gasteiger partial charge in [0.1, 0.15) is 0 Å².